The molecule has 0 unspecified atom stereocenters. The van der Waals surface area contributed by atoms with Crippen molar-refractivity contribution in [2.45, 2.75) is 19.3 Å². The molecule has 2 N–H and O–H groups in total. The molecule has 0 fully saturated rings. The van der Waals surface area contributed by atoms with Crippen molar-refractivity contribution in [3.05, 3.63) is 40.4 Å². The first-order valence-electron chi connectivity index (χ1n) is 5.89. The second-order valence-electron chi connectivity index (χ2n) is 4.06. The minimum Gasteiger partial charge on any atom is -0.359 e. The van der Waals surface area contributed by atoms with Gasteiger partial charge >= 0.3 is 0 Å². The summed E-state index contributed by atoms with van der Waals surface area (Å²) in [5.74, 6) is 0.626. The number of H-pyrrole nitrogens is 1. The van der Waals surface area contributed by atoms with E-state index in [9.17, 15) is 9.59 Å². The number of hydrogen-bond acceptors (Lipinski definition) is 3. The highest BCUT2D eigenvalue weighted by atomic mass is 16.1. The van der Waals surface area contributed by atoms with Gasteiger partial charge in [0.15, 0.2) is 0 Å². The maximum Gasteiger partial charge on any atom is 0.258 e. The van der Waals surface area contributed by atoms with Crippen LogP contribution in [-0.4, -0.2) is 22.9 Å². The lowest BCUT2D eigenvalue weighted by Gasteiger charge is -2.02. The highest BCUT2D eigenvalue weighted by molar-refractivity contribution is 5.77. The molecule has 0 radical (unpaired) electrons. The van der Waals surface area contributed by atoms with Crippen LogP contribution >= 0.6 is 0 Å². The Morgan fingerprint density at radius 1 is 1.39 bits per heavy atom. The lowest BCUT2D eigenvalue weighted by molar-refractivity contribution is -0.120. The second kappa shape index (κ2) is 5.44. The molecule has 1 amide bonds. The van der Waals surface area contributed by atoms with Gasteiger partial charge in [-0.3, -0.25) is 9.59 Å². The van der Waals surface area contributed by atoms with Crippen molar-refractivity contribution in [2.75, 3.05) is 7.05 Å². The quantitative estimate of drug-likeness (QED) is 0.843. The first-order valence-corrected chi connectivity index (χ1v) is 5.89. The minimum atomic E-state index is -0.129. The second-order valence-corrected chi connectivity index (χ2v) is 4.06. The third-order valence-electron chi connectivity index (χ3n) is 2.76. The summed E-state index contributed by atoms with van der Waals surface area (Å²) in [5.41, 5.74) is 0.562. The van der Waals surface area contributed by atoms with Crippen LogP contribution in [0.25, 0.3) is 10.9 Å². The Morgan fingerprint density at radius 2 is 2.17 bits per heavy atom. The average molecular weight is 245 g/mol. The molecule has 0 saturated carbocycles. The van der Waals surface area contributed by atoms with Crippen molar-refractivity contribution < 1.29 is 4.79 Å². The smallest absolute Gasteiger partial charge is 0.258 e. The Balaban J connectivity index is 2.15. The van der Waals surface area contributed by atoms with Crippen molar-refractivity contribution in [2.24, 2.45) is 0 Å². The van der Waals surface area contributed by atoms with Crippen molar-refractivity contribution in [3.8, 4) is 0 Å². The number of benzene rings is 1. The van der Waals surface area contributed by atoms with Crippen LogP contribution in [0.1, 0.15) is 18.7 Å². The number of para-hydroxylation sites is 1. The van der Waals surface area contributed by atoms with Gasteiger partial charge in [-0.15, -0.1) is 0 Å². The summed E-state index contributed by atoms with van der Waals surface area (Å²) in [5, 5.41) is 3.15. The van der Waals surface area contributed by atoms with Gasteiger partial charge in [-0.25, -0.2) is 4.98 Å². The fraction of sp³-hybridized carbons (Fsp3) is 0.308. The Morgan fingerprint density at radius 3 is 2.94 bits per heavy atom. The van der Waals surface area contributed by atoms with Gasteiger partial charge in [0.05, 0.1) is 10.9 Å². The number of aromatic nitrogens is 2. The van der Waals surface area contributed by atoms with E-state index in [0.717, 1.165) is 0 Å². The van der Waals surface area contributed by atoms with E-state index in [1.54, 1.807) is 13.1 Å². The van der Waals surface area contributed by atoms with E-state index in [0.29, 0.717) is 36.0 Å². The molecule has 94 valence electrons. The van der Waals surface area contributed by atoms with Gasteiger partial charge in [0.1, 0.15) is 5.82 Å². The van der Waals surface area contributed by atoms with Gasteiger partial charge < -0.3 is 10.3 Å². The zero-order valence-corrected chi connectivity index (χ0v) is 10.2. The van der Waals surface area contributed by atoms with E-state index < -0.39 is 0 Å². The molecule has 18 heavy (non-hydrogen) atoms. The van der Waals surface area contributed by atoms with Crippen LogP contribution < -0.4 is 10.9 Å². The van der Waals surface area contributed by atoms with E-state index in [1.165, 1.54) is 0 Å². The van der Waals surface area contributed by atoms with E-state index in [2.05, 4.69) is 15.3 Å². The molecule has 1 heterocycles. The van der Waals surface area contributed by atoms with Crippen LogP contribution in [-0.2, 0) is 11.2 Å². The van der Waals surface area contributed by atoms with Gasteiger partial charge in [-0.1, -0.05) is 12.1 Å². The SMILES string of the molecule is CNC(=O)CCCc1nc2ccccc2c(=O)[nH]1. The summed E-state index contributed by atoms with van der Waals surface area (Å²) in [7, 11) is 1.61. The van der Waals surface area contributed by atoms with Crippen LogP contribution in [0.2, 0.25) is 0 Å². The van der Waals surface area contributed by atoms with Gasteiger partial charge in [-0.05, 0) is 18.6 Å². The number of hydrogen-bond donors (Lipinski definition) is 2. The zero-order valence-electron chi connectivity index (χ0n) is 10.2. The predicted octanol–water partition coefficient (Wildman–Crippen LogP) is 0.992. The molecule has 1 aromatic heterocycles. The molecular formula is C13H15N3O2. The summed E-state index contributed by atoms with van der Waals surface area (Å²) >= 11 is 0. The molecule has 0 saturated heterocycles. The van der Waals surface area contributed by atoms with Gasteiger partial charge in [0, 0.05) is 19.9 Å². The Bertz CT molecular complexity index is 619. The van der Waals surface area contributed by atoms with Crippen LogP contribution in [0.3, 0.4) is 0 Å². The molecular weight excluding hydrogens is 230 g/mol. The topological polar surface area (TPSA) is 74.8 Å². The number of amides is 1. The fourth-order valence-electron chi connectivity index (χ4n) is 1.79. The number of aryl methyl sites for hydroxylation is 1. The van der Waals surface area contributed by atoms with Crippen molar-refractivity contribution in [3.63, 3.8) is 0 Å². The molecule has 2 rings (SSSR count). The molecule has 0 aliphatic carbocycles. The first-order chi connectivity index (χ1) is 8.70. The Hall–Kier alpha value is -2.17. The maximum atomic E-state index is 11.8. The Labute approximate surface area is 104 Å². The molecule has 0 spiro atoms. The van der Waals surface area contributed by atoms with Gasteiger partial charge in [-0.2, -0.15) is 0 Å². The zero-order chi connectivity index (χ0) is 13.0. The summed E-state index contributed by atoms with van der Waals surface area (Å²) in [4.78, 5) is 30.0. The highest BCUT2D eigenvalue weighted by Gasteiger charge is 2.04. The minimum absolute atomic E-state index is 0.00173. The number of carbonyl (C=O) groups is 1. The van der Waals surface area contributed by atoms with Crippen molar-refractivity contribution in [1.82, 2.24) is 15.3 Å². The maximum absolute atomic E-state index is 11.8. The van der Waals surface area contributed by atoms with Crippen molar-refractivity contribution in [1.29, 1.82) is 0 Å². The number of carbonyl (C=O) groups excluding carboxylic acids is 1. The normalized spacial score (nSPS) is 10.5. The average Bonchev–Trinajstić information content (AvgIpc) is 2.38. The number of nitrogens with zero attached hydrogens (tertiary/aromatic N) is 1. The molecule has 0 atom stereocenters. The molecule has 0 bridgehead atoms. The van der Waals surface area contributed by atoms with Crippen molar-refractivity contribution >= 4 is 16.8 Å². The van der Waals surface area contributed by atoms with Crippen LogP contribution in [0.15, 0.2) is 29.1 Å². The standard InChI is InChI=1S/C13H15N3O2/c1-14-12(17)8-4-7-11-15-10-6-3-2-5-9(10)13(18)16-11/h2-3,5-6H,4,7-8H2,1H3,(H,14,17)(H,15,16,18). The number of fused-ring (bicyclic) bond motifs is 1. The molecule has 5 heteroatoms. The number of rotatable bonds is 4. The lowest BCUT2D eigenvalue weighted by Crippen LogP contribution is -2.18. The van der Waals surface area contributed by atoms with Crippen LogP contribution in [0, 0.1) is 0 Å². The molecule has 0 aliphatic rings. The number of aromatic amines is 1. The van der Waals surface area contributed by atoms with Gasteiger partial charge in [0.25, 0.3) is 5.56 Å². The van der Waals surface area contributed by atoms with E-state index in [4.69, 9.17) is 0 Å². The summed E-state index contributed by atoms with van der Waals surface area (Å²) in [6, 6.07) is 7.22. The lowest BCUT2D eigenvalue weighted by atomic mass is 10.2. The molecule has 5 nitrogen and oxygen atoms in total. The highest BCUT2D eigenvalue weighted by Crippen LogP contribution is 2.07. The van der Waals surface area contributed by atoms with E-state index in [-0.39, 0.29) is 11.5 Å². The molecule has 1 aromatic carbocycles. The molecule has 0 aliphatic heterocycles. The third-order valence-corrected chi connectivity index (χ3v) is 2.76. The third kappa shape index (κ3) is 2.74. The van der Waals surface area contributed by atoms with Gasteiger partial charge in [0.2, 0.25) is 5.91 Å². The summed E-state index contributed by atoms with van der Waals surface area (Å²) in [6.45, 7) is 0. The van der Waals surface area contributed by atoms with E-state index in [1.807, 2.05) is 18.2 Å². The monoisotopic (exact) mass is 245 g/mol. The largest absolute Gasteiger partial charge is 0.359 e. The van der Waals surface area contributed by atoms with E-state index >= 15 is 0 Å². The summed E-state index contributed by atoms with van der Waals surface area (Å²) < 4.78 is 0. The Kier molecular flexibility index (Phi) is 3.72. The molecule has 2 aromatic rings. The van der Waals surface area contributed by atoms with Crippen LogP contribution in [0.4, 0.5) is 0 Å². The van der Waals surface area contributed by atoms with Crippen LogP contribution in [0.5, 0.6) is 0 Å². The fourth-order valence-corrected chi connectivity index (χ4v) is 1.79. The number of nitrogens with one attached hydrogen (secondary N) is 2. The predicted molar refractivity (Wildman–Crippen MR) is 69.4 cm³/mol. The summed E-state index contributed by atoms with van der Waals surface area (Å²) in [6.07, 6.45) is 1.70. The first kappa shape index (κ1) is 12.3.